The molecular formula is C15H23N3O. The predicted octanol–water partition coefficient (Wildman–Crippen LogP) is 2.39. The first-order valence-corrected chi connectivity index (χ1v) is 6.89. The molecule has 2 aliphatic rings. The van der Waals surface area contributed by atoms with Crippen LogP contribution >= 0.6 is 0 Å². The lowest BCUT2D eigenvalue weighted by Crippen LogP contribution is -2.63. The van der Waals surface area contributed by atoms with Gasteiger partial charge in [-0.1, -0.05) is 26.7 Å². The van der Waals surface area contributed by atoms with Gasteiger partial charge in [0, 0.05) is 0 Å². The van der Waals surface area contributed by atoms with Gasteiger partial charge in [-0.2, -0.15) is 4.99 Å². The largest absolute Gasteiger partial charge is 0.385 e. The Hall–Kier alpha value is -1.50. The molecule has 4 nitrogen and oxygen atoms in total. The van der Waals surface area contributed by atoms with Crippen molar-refractivity contribution in [2.75, 3.05) is 0 Å². The first-order chi connectivity index (χ1) is 8.74. The summed E-state index contributed by atoms with van der Waals surface area (Å²) in [6.45, 7) is 8.53. The normalized spacial score (nSPS) is 35.1. The zero-order valence-electron chi connectivity index (χ0n) is 12.2. The maximum absolute atomic E-state index is 12.1. The van der Waals surface area contributed by atoms with Gasteiger partial charge in [0.2, 0.25) is 0 Å². The Morgan fingerprint density at radius 3 is 2.68 bits per heavy atom. The zero-order chi connectivity index (χ0) is 14.4. The molecule has 3 atom stereocenters. The van der Waals surface area contributed by atoms with Crippen molar-refractivity contribution < 1.29 is 4.79 Å². The Morgan fingerprint density at radius 2 is 2.16 bits per heavy atom. The third-order valence-electron chi connectivity index (χ3n) is 4.78. The number of terminal acetylenes is 1. The van der Waals surface area contributed by atoms with E-state index in [4.69, 9.17) is 12.2 Å². The van der Waals surface area contributed by atoms with Crippen molar-refractivity contribution in [3.8, 4) is 12.3 Å². The second-order valence-corrected chi connectivity index (χ2v) is 6.69. The lowest BCUT2D eigenvalue weighted by Gasteiger charge is -2.51. The predicted molar refractivity (Wildman–Crippen MR) is 76.7 cm³/mol. The number of hydrogen-bond acceptors (Lipinski definition) is 2. The van der Waals surface area contributed by atoms with Crippen LogP contribution in [0.2, 0.25) is 0 Å². The van der Waals surface area contributed by atoms with Crippen LogP contribution in [0.25, 0.3) is 0 Å². The molecule has 1 aliphatic carbocycles. The first kappa shape index (κ1) is 13.9. The number of rotatable bonds is 1. The molecule has 104 valence electrons. The van der Waals surface area contributed by atoms with Crippen molar-refractivity contribution in [2.45, 2.75) is 58.5 Å². The van der Waals surface area contributed by atoms with E-state index >= 15 is 0 Å². The maximum Gasteiger partial charge on any atom is 0.347 e. The molecule has 1 saturated carbocycles. The van der Waals surface area contributed by atoms with Crippen LogP contribution in [0.1, 0.15) is 47.0 Å². The summed E-state index contributed by atoms with van der Waals surface area (Å²) >= 11 is 0. The van der Waals surface area contributed by atoms with Crippen LogP contribution in [0.15, 0.2) is 4.99 Å². The van der Waals surface area contributed by atoms with Crippen molar-refractivity contribution in [3.05, 3.63) is 0 Å². The van der Waals surface area contributed by atoms with Crippen molar-refractivity contribution in [1.82, 2.24) is 4.90 Å². The summed E-state index contributed by atoms with van der Waals surface area (Å²) in [7, 11) is 0. The molecule has 2 amide bonds. The average Bonchev–Trinajstić information content (AvgIpc) is 2.55. The Kier molecular flexibility index (Phi) is 3.12. The number of hydrogen-bond donors (Lipinski definition) is 1. The number of amidine groups is 1. The summed E-state index contributed by atoms with van der Waals surface area (Å²) in [6, 6.07) is -0.560. The topological polar surface area (TPSA) is 58.7 Å². The Balaban J connectivity index is 2.43. The van der Waals surface area contributed by atoms with Crippen LogP contribution in [0, 0.1) is 23.7 Å². The van der Waals surface area contributed by atoms with E-state index in [1.807, 2.05) is 6.92 Å². The first-order valence-electron chi connectivity index (χ1n) is 6.89. The smallest absolute Gasteiger partial charge is 0.347 e. The van der Waals surface area contributed by atoms with Gasteiger partial charge in [-0.15, -0.1) is 6.42 Å². The van der Waals surface area contributed by atoms with Crippen LogP contribution in [-0.4, -0.2) is 28.3 Å². The molecule has 4 heteroatoms. The van der Waals surface area contributed by atoms with E-state index in [1.54, 1.807) is 4.90 Å². The minimum atomic E-state index is -0.474. The fourth-order valence-electron chi connectivity index (χ4n) is 3.75. The van der Waals surface area contributed by atoms with E-state index in [2.05, 4.69) is 31.7 Å². The Bertz CT molecular complexity index is 474. The molecule has 0 aromatic heterocycles. The van der Waals surface area contributed by atoms with Gasteiger partial charge in [0.15, 0.2) is 0 Å². The molecule has 2 rings (SSSR count). The number of carbonyl (C=O) groups excluding carboxylic acids is 1. The summed E-state index contributed by atoms with van der Waals surface area (Å²) in [5, 5.41) is 0. The van der Waals surface area contributed by atoms with E-state index < -0.39 is 5.54 Å². The van der Waals surface area contributed by atoms with Gasteiger partial charge < -0.3 is 5.73 Å². The molecule has 1 spiro atoms. The average molecular weight is 261 g/mol. The van der Waals surface area contributed by atoms with Gasteiger partial charge >= 0.3 is 6.03 Å². The summed E-state index contributed by atoms with van der Waals surface area (Å²) in [5.41, 5.74) is 5.92. The maximum atomic E-state index is 12.1. The van der Waals surface area contributed by atoms with E-state index in [-0.39, 0.29) is 23.4 Å². The highest BCUT2D eigenvalue weighted by Crippen LogP contribution is 2.49. The Labute approximate surface area is 115 Å². The van der Waals surface area contributed by atoms with E-state index in [9.17, 15) is 4.79 Å². The highest BCUT2D eigenvalue weighted by Gasteiger charge is 2.56. The standard InChI is InChI=1S/C15H23N3O/c1-6-11(3)18-13(19)17-12(16)15(18)8-7-14(4,5)9-10(15)2/h1,10-11H,7-9H2,2-5H3,(H2,16,17,19). The van der Waals surface area contributed by atoms with Crippen molar-refractivity contribution in [3.63, 3.8) is 0 Å². The highest BCUT2D eigenvalue weighted by molar-refractivity contribution is 6.06. The zero-order valence-corrected chi connectivity index (χ0v) is 12.2. The molecule has 19 heavy (non-hydrogen) atoms. The minimum Gasteiger partial charge on any atom is -0.385 e. The Morgan fingerprint density at radius 1 is 1.53 bits per heavy atom. The molecule has 0 bridgehead atoms. The van der Waals surface area contributed by atoms with Crippen LogP contribution in [0.4, 0.5) is 4.79 Å². The molecule has 3 unspecified atom stereocenters. The number of urea groups is 1. The summed E-state index contributed by atoms with van der Waals surface area (Å²) in [5.74, 6) is 3.36. The molecule has 1 aliphatic heterocycles. The fraction of sp³-hybridized carbons (Fsp3) is 0.733. The van der Waals surface area contributed by atoms with Crippen LogP contribution in [0.3, 0.4) is 0 Å². The molecule has 1 heterocycles. The molecule has 0 aromatic rings. The lowest BCUT2D eigenvalue weighted by atomic mass is 9.62. The monoisotopic (exact) mass is 261 g/mol. The second-order valence-electron chi connectivity index (χ2n) is 6.69. The SMILES string of the molecule is C#CC(C)N1C(=O)N=C(N)C12CCC(C)(C)CC2C. The van der Waals surface area contributed by atoms with Crippen molar-refractivity contribution in [1.29, 1.82) is 0 Å². The number of nitrogens with two attached hydrogens (primary N) is 1. The number of carbonyl (C=O) groups is 1. The molecule has 1 fully saturated rings. The third kappa shape index (κ3) is 1.92. The molecule has 0 radical (unpaired) electrons. The number of aliphatic imine (C=N–C) groups is 1. The highest BCUT2D eigenvalue weighted by atomic mass is 16.2. The van der Waals surface area contributed by atoms with Crippen molar-refractivity contribution >= 4 is 11.9 Å². The van der Waals surface area contributed by atoms with E-state index in [0.29, 0.717) is 5.84 Å². The van der Waals surface area contributed by atoms with Gasteiger partial charge in [0.05, 0.1) is 6.04 Å². The number of amides is 2. The molecule has 2 N–H and O–H groups in total. The van der Waals surface area contributed by atoms with Gasteiger partial charge in [-0.05, 0) is 37.5 Å². The molecule has 0 saturated heterocycles. The summed E-state index contributed by atoms with van der Waals surface area (Å²) in [4.78, 5) is 17.9. The molecule has 0 aromatic carbocycles. The number of nitrogens with zero attached hydrogens (tertiary/aromatic N) is 2. The fourth-order valence-corrected chi connectivity index (χ4v) is 3.75. The quantitative estimate of drug-likeness (QED) is 0.737. The van der Waals surface area contributed by atoms with Gasteiger partial charge in [-0.25, -0.2) is 4.79 Å². The van der Waals surface area contributed by atoms with Gasteiger partial charge in [0.1, 0.15) is 11.4 Å². The van der Waals surface area contributed by atoms with E-state index in [1.165, 1.54) is 0 Å². The minimum absolute atomic E-state index is 0.266. The van der Waals surface area contributed by atoms with Crippen molar-refractivity contribution in [2.24, 2.45) is 22.1 Å². The van der Waals surface area contributed by atoms with Crippen LogP contribution in [0.5, 0.6) is 0 Å². The van der Waals surface area contributed by atoms with Crippen LogP contribution in [-0.2, 0) is 0 Å². The molecular weight excluding hydrogens is 238 g/mol. The summed E-state index contributed by atoms with van der Waals surface area (Å²) < 4.78 is 0. The third-order valence-corrected chi connectivity index (χ3v) is 4.78. The van der Waals surface area contributed by atoms with E-state index in [0.717, 1.165) is 19.3 Å². The van der Waals surface area contributed by atoms with Gasteiger partial charge in [-0.3, -0.25) is 4.90 Å². The summed E-state index contributed by atoms with van der Waals surface area (Å²) in [6.07, 6.45) is 8.39. The second kappa shape index (κ2) is 4.26. The lowest BCUT2D eigenvalue weighted by molar-refractivity contribution is 0.0433. The van der Waals surface area contributed by atoms with Crippen LogP contribution < -0.4 is 5.73 Å². The van der Waals surface area contributed by atoms with Gasteiger partial charge in [0.25, 0.3) is 0 Å².